The van der Waals surface area contributed by atoms with Gasteiger partial charge in [-0.25, -0.2) is 4.39 Å². The summed E-state index contributed by atoms with van der Waals surface area (Å²) in [6.45, 7) is 1.21. The highest BCUT2D eigenvalue weighted by molar-refractivity contribution is 14.0. The quantitative estimate of drug-likeness (QED) is 0.150. The Bertz CT molecular complexity index is 1240. The predicted molar refractivity (Wildman–Crippen MR) is 139 cm³/mol. The highest BCUT2D eigenvalue weighted by atomic mass is 127. The van der Waals surface area contributed by atoms with Gasteiger partial charge in [-0.1, -0.05) is 12.1 Å². The molecule has 0 saturated carbocycles. The number of hydrogen-bond donors (Lipinski definition) is 4. The van der Waals surface area contributed by atoms with Crippen molar-refractivity contribution in [2.45, 2.75) is 13.0 Å². The van der Waals surface area contributed by atoms with Gasteiger partial charge in [-0.2, -0.15) is 0 Å². The van der Waals surface area contributed by atoms with E-state index < -0.39 is 0 Å². The highest BCUT2D eigenvalue weighted by Crippen LogP contribution is 2.19. The average Bonchev–Trinajstić information content (AvgIpc) is 3.47. The number of aliphatic imine (C=N–C) groups is 1. The van der Waals surface area contributed by atoms with Crippen molar-refractivity contribution >= 4 is 52.4 Å². The summed E-state index contributed by atoms with van der Waals surface area (Å²) in [5, 5.41) is 10.4. The maximum atomic E-state index is 13.3. The zero-order valence-electron chi connectivity index (χ0n) is 18.0. The molecule has 0 saturated heterocycles. The van der Waals surface area contributed by atoms with Crippen molar-refractivity contribution in [2.75, 3.05) is 18.9 Å². The summed E-state index contributed by atoms with van der Waals surface area (Å²) in [4.78, 5) is 19.5. The SMILES string of the molecule is CN=C(NCCc1c[nH]c2cc(F)ccc12)NCc1cccc(NC(=O)c2ccco2)c1.I. The molecule has 1 amide bonds. The van der Waals surface area contributed by atoms with Crippen LogP contribution >= 0.6 is 24.0 Å². The van der Waals surface area contributed by atoms with E-state index in [2.05, 4.69) is 25.9 Å². The van der Waals surface area contributed by atoms with Gasteiger partial charge in [0.2, 0.25) is 0 Å². The summed E-state index contributed by atoms with van der Waals surface area (Å²) in [5.74, 6) is 0.384. The summed E-state index contributed by atoms with van der Waals surface area (Å²) in [5.41, 5.74) is 3.58. The number of H-pyrrole nitrogens is 1. The van der Waals surface area contributed by atoms with Gasteiger partial charge >= 0.3 is 0 Å². The van der Waals surface area contributed by atoms with Crippen molar-refractivity contribution in [3.63, 3.8) is 0 Å². The normalized spacial score (nSPS) is 11.2. The number of aromatic amines is 1. The molecule has 0 bridgehead atoms. The number of fused-ring (bicyclic) bond motifs is 1. The third-order valence-electron chi connectivity index (χ3n) is 5.03. The number of amides is 1. The molecule has 0 radical (unpaired) electrons. The molecule has 2 aromatic carbocycles. The van der Waals surface area contributed by atoms with E-state index >= 15 is 0 Å². The molecule has 33 heavy (non-hydrogen) atoms. The van der Waals surface area contributed by atoms with Crippen LogP contribution in [0.3, 0.4) is 0 Å². The molecule has 0 aliphatic rings. The van der Waals surface area contributed by atoms with E-state index in [1.165, 1.54) is 18.4 Å². The Morgan fingerprint density at radius 3 is 2.79 bits per heavy atom. The lowest BCUT2D eigenvalue weighted by atomic mass is 10.1. The van der Waals surface area contributed by atoms with Crippen LogP contribution in [0.5, 0.6) is 0 Å². The zero-order valence-corrected chi connectivity index (χ0v) is 20.4. The molecule has 0 unspecified atom stereocenters. The van der Waals surface area contributed by atoms with Crippen LogP contribution < -0.4 is 16.0 Å². The lowest BCUT2D eigenvalue weighted by molar-refractivity contribution is 0.0996. The van der Waals surface area contributed by atoms with Crippen LogP contribution in [0.2, 0.25) is 0 Å². The number of anilines is 1. The first-order valence-corrected chi connectivity index (χ1v) is 10.3. The van der Waals surface area contributed by atoms with Gasteiger partial charge in [0, 0.05) is 42.9 Å². The lowest BCUT2D eigenvalue weighted by Crippen LogP contribution is -2.37. The summed E-state index contributed by atoms with van der Waals surface area (Å²) < 4.78 is 18.5. The van der Waals surface area contributed by atoms with Crippen molar-refractivity contribution in [3.8, 4) is 0 Å². The Labute approximate surface area is 207 Å². The number of carbonyl (C=O) groups is 1. The zero-order chi connectivity index (χ0) is 22.3. The second kappa shape index (κ2) is 11.5. The Hall–Kier alpha value is -3.34. The van der Waals surface area contributed by atoms with Gasteiger partial charge < -0.3 is 25.4 Å². The first-order chi connectivity index (χ1) is 15.6. The number of carbonyl (C=O) groups excluding carboxylic acids is 1. The van der Waals surface area contributed by atoms with Crippen molar-refractivity contribution < 1.29 is 13.6 Å². The molecule has 2 heterocycles. The number of guanidine groups is 1. The molecular weight excluding hydrogens is 536 g/mol. The fraction of sp³-hybridized carbons (Fsp3) is 0.167. The Morgan fingerprint density at radius 2 is 2.00 bits per heavy atom. The highest BCUT2D eigenvalue weighted by Gasteiger charge is 2.09. The van der Waals surface area contributed by atoms with Crippen LogP contribution in [0.4, 0.5) is 10.1 Å². The molecular formula is C24H25FIN5O2. The van der Waals surface area contributed by atoms with Crippen molar-refractivity contribution in [1.82, 2.24) is 15.6 Å². The number of hydrogen-bond acceptors (Lipinski definition) is 3. The van der Waals surface area contributed by atoms with E-state index in [1.807, 2.05) is 30.5 Å². The maximum absolute atomic E-state index is 13.3. The van der Waals surface area contributed by atoms with E-state index in [1.54, 1.807) is 25.2 Å². The molecule has 4 rings (SSSR count). The summed E-state index contributed by atoms with van der Waals surface area (Å²) >= 11 is 0. The van der Waals surface area contributed by atoms with E-state index in [4.69, 9.17) is 4.42 Å². The molecule has 0 spiro atoms. The van der Waals surface area contributed by atoms with Gasteiger partial charge in [0.25, 0.3) is 5.91 Å². The molecule has 172 valence electrons. The number of aromatic nitrogens is 1. The van der Waals surface area contributed by atoms with Gasteiger partial charge in [-0.15, -0.1) is 24.0 Å². The summed E-state index contributed by atoms with van der Waals surface area (Å²) in [6.07, 6.45) is 4.14. The van der Waals surface area contributed by atoms with Crippen LogP contribution in [0.1, 0.15) is 21.7 Å². The number of rotatable bonds is 7. The van der Waals surface area contributed by atoms with E-state index in [0.717, 1.165) is 28.5 Å². The molecule has 0 aliphatic carbocycles. The first-order valence-electron chi connectivity index (χ1n) is 10.3. The fourth-order valence-corrected chi connectivity index (χ4v) is 3.45. The van der Waals surface area contributed by atoms with Crippen molar-refractivity contribution in [2.24, 2.45) is 4.99 Å². The van der Waals surface area contributed by atoms with E-state index in [-0.39, 0.29) is 41.5 Å². The van der Waals surface area contributed by atoms with Gasteiger partial charge in [0.05, 0.1) is 6.26 Å². The third kappa shape index (κ3) is 6.35. The fourth-order valence-electron chi connectivity index (χ4n) is 3.45. The molecule has 7 nitrogen and oxygen atoms in total. The van der Waals surface area contributed by atoms with Crippen molar-refractivity contribution in [3.05, 3.63) is 89.8 Å². The van der Waals surface area contributed by atoms with Gasteiger partial charge in [-0.05, 0) is 60.0 Å². The second-order valence-electron chi connectivity index (χ2n) is 7.24. The summed E-state index contributed by atoms with van der Waals surface area (Å²) in [6, 6.07) is 15.6. The molecule has 0 aliphatic heterocycles. The number of furan rings is 1. The van der Waals surface area contributed by atoms with Crippen LogP contribution in [0.25, 0.3) is 10.9 Å². The largest absolute Gasteiger partial charge is 0.459 e. The topological polar surface area (TPSA) is 94.5 Å². The van der Waals surface area contributed by atoms with Crippen LogP contribution in [0.15, 0.2) is 76.5 Å². The predicted octanol–water partition coefficient (Wildman–Crippen LogP) is 4.68. The average molecular weight is 561 g/mol. The molecule has 0 atom stereocenters. The number of benzene rings is 2. The standard InChI is InChI=1S/C24H24FN5O2.HI/c1-26-24(27-10-9-17-15-28-21-13-18(25)7-8-20(17)21)29-14-16-4-2-5-19(12-16)30-23(31)22-6-3-11-32-22;/h2-8,11-13,15,28H,9-10,14H2,1H3,(H,30,31)(H2,26,27,29);1H. The first kappa shape index (κ1) is 24.3. The van der Waals surface area contributed by atoms with E-state index in [9.17, 15) is 9.18 Å². The smallest absolute Gasteiger partial charge is 0.291 e. The molecule has 9 heteroatoms. The minimum absolute atomic E-state index is 0. The maximum Gasteiger partial charge on any atom is 0.291 e. The van der Waals surface area contributed by atoms with Gasteiger partial charge in [0.1, 0.15) is 5.82 Å². The molecule has 4 aromatic rings. The number of nitrogens with zero attached hydrogens (tertiary/aromatic N) is 1. The lowest BCUT2D eigenvalue weighted by Gasteiger charge is -2.12. The van der Waals surface area contributed by atoms with E-state index in [0.29, 0.717) is 24.7 Å². The third-order valence-corrected chi connectivity index (χ3v) is 5.03. The monoisotopic (exact) mass is 561 g/mol. The molecule has 4 N–H and O–H groups in total. The minimum atomic E-state index is -0.294. The van der Waals surface area contributed by atoms with Crippen LogP contribution in [0, 0.1) is 5.82 Å². The molecule has 0 fully saturated rings. The van der Waals surface area contributed by atoms with Gasteiger partial charge in [-0.3, -0.25) is 9.79 Å². The van der Waals surface area contributed by atoms with Crippen LogP contribution in [-0.4, -0.2) is 30.4 Å². The second-order valence-corrected chi connectivity index (χ2v) is 7.24. The van der Waals surface area contributed by atoms with Gasteiger partial charge in [0.15, 0.2) is 11.7 Å². The molecule has 2 aromatic heterocycles. The number of halogens is 2. The van der Waals surface area contributed by atoms with Crippen molar-refractivity contribution in [1.29, 1.82) is 0 Å². The number of nitrogens with one attached hydrogen (secondary N) is 4. The van der Waals surface area contributed by atoms with Crippen LogP contribution in [-0.2, 0) is 13.0 Å². The minimum Gasteiger partial charge on any atom is -0.459 e. The summed E-state index contributed by atoms with van der Waals surface area (Å²) in [7, 11) is 1.71. The Kier molecular flexibility index (Phi) is 8.47. The Balaban J connectivity index is 0.00000306. The Morgan fingerprint density at radius 1 is 1.12 bits per heavy atom.